The van der Waals surface area contributed by atoms with Gasteiger partial charge in [0.1, 0.15) is 16.4 Å². The minimum absolute atomic E-state index is 0.0283. The van der Waals surface area contributed by atoms with Crippen molar-refractivity contribution in [3.63, 3.8) is 0 Å². The van der Waals surface area contributed by atoms with E-state index in [9.17, 15) is 13.2 Å². The van der Waals surface area contributed by atoms with Gasteiger partial charge in [-0.25, -0.2) is 8.42 Å². The van der Waals surface area contributed by atoms with Crippen LogP contribution in [0.2, 0.25) is 0 Å². The third-order valence-corrected chi connectivity index (χ3v) is 7.33. The molecule has 1 amide bonds. The van der Waals surface area contributed by atoms with Gasteiger partial charge in [-0.3, -0.25) is 4.79 Å². The Kier molecular flexibility index (Phi) is 6.26. The maximum atomic E-state index is 13.2. The molecule has 0 bridgehead atoms. The van der Waals surface area contributed by atoms with Crippen molar-refractivity contribution >= 4 is 15.9 Å². The number of sulfonamides is 1. The average Bonchev–Trinajstić information content (AvgIpc) is 3.20. The molecule has 0 spiro atoms. The van der Waals surface area contributed by atoms with E-state index in [0.29, 0.717) is 25.1 Å². The summed E-state index contributed by atoms with van der Waals surface area (Å²) in [5.74, 6) is 0.375. The summed E-state index contributed by atoms with van der Waals surface area (Å²) in [5, 5.41) is 3.10. The minimum Gasteiger partial charge on any atom is -0.497 e. The number of piperidine rings is 1. The van der Waals surface area contributed by atoms with E-state index in [1.165, 1.54) is 24.6 Å². The molecule has 0 radical (unpaired) electrons. The van der Waals surface area contributed by atoms with Crippen LogP contribution in [0.4, 0.5) is 0 Å². The molecule has 0 unspecified atom stereocenters. The molecule has 1 saturated carbocycles. The molecule has 1 aliphatic carbocycles. The lowest BCUT2D eigenvalue weighted by molar-refractivity contribution is -0.126. The summed E-state index contributed by atoms with van der Waals surface area (Å²) in [7, 11) is -0.855. The molecule has 1 heterocycles. The zero-order valence-electron chi connectivity index (χ0n) is 15.9. The third-order valence-electron chi connectivity index (χ3n) is 5.45. The maximum absolute atomic E-state index is 13.2. The van der Waals surface area contributed by atoms with Crippen LogP contribution in [0.25, 0.3) is 0 Å². The van der Waals surface area contributed by atoms with Gasteiger partial charge in [-0.15, -0.1) is 0 Å². The van der Waals surface area contributed by atoms with Crippen LogP contribution in [-0.4, -0.2) is 52.0 Å². The highest BCUT2D eigenvalue weighted by Crippen LogP contribution is 2.32. The molecule has 2 aliphatic rings. The molecule has 1 atom stereocenters. The van der Waals surface area contributed by atoms with Crippen LogP contribution < -0.4 is 14.8 Å². The lowest BCUT2D eigenvalue weighted by Gasteiger charge is -2.32. The van der Waals surface area contributed by atoms with E-state index in [1.54, 1.807) is 12.1 Å². The van der Waals surface area contributed by atoms with Crippen LogP contribution in [0.5, 0.6) is 11.5 Å². The molecule has 7 nitrogen and oxygen atoms in total. The first kappa shape index (κ1) is 19.9. The number of rotatable bonds is 6. The van der Waals surface area contributed by atoms with Gasteiger partial charge in [0.2, 0.25) is 15.9 Å². The monoisotopic (exact) mass is 396 g/mol. The van der Waals surface area contributed by atoms with Gasteiger partial charge >= 0.3 is 0 Å². The number of carbonyl (C=O) groups excluding carboxylic acids is 1. The fraction of sp³-hybridized carbons (Fsp3) is 0.632. The lowest BCUT2D eigenvalue weighted by Crippen LogP contribution is -2.47. The second-order valence-corrected chi connectivity index (χ2v) is 9.12. The van der Waals surface area contributed by atoms with Crippen molar-refractivity contribution in [2.45, 2.75) is 49.5 Å². The van der Waals surface area contributed by atoms with Crippen LogP contribution >= 0.6 is 0 Å². The molecule has 150 valence electrons. The van der Waals surface area contributed by atoms with Gasteiger partial charge in [-0.05, 0) is 37.8 Å². The first-order valence-corrected chi connectivity index (χ1v) is 10.9. The van der Waals surface area contributed by atoms with Crippen LogP contribution in [0.1, 0.15) is 38.5 Å². The van der Waals surface area contributed by atoms with Gasteiger partial charge in [0.05, 0.1) is 20.1 Å². The number of hydrogen-bond donors (Lipinski definition) is 1. The average molecular weight is 397 g/mol. The number of amides is 1. The van der Waals surface area contributed by atoms with Crippen molar-refractivity contribution in [2.75, 3.05) is 27.3 Å². The molecule has 0 aromatic heterocycles. The second kappa shape index (κ2) is 8.48. The van der Waals surface area contributed by atoms with Crippen molar-refractivity contribution < 1.29 is 22.7 Å². The molecule has 8 heteroatoms. The molecule has 1 aliphatic heterocycles. The van der Waals surface area contributed by atoms with E-state index >= 15 is 0 Å². The SMILES string of the molecule is COc1ccc(OC)c(S(=O)(=O)N2CCC[C@H](C(=O)NC3CCCC3)C2)c1. The first-order valence-electron chi connectivity index (χ1n) is 9.48. The number of methoxy groups -OCH3 is 2. The number of nitrogens with zero attached hydrogens (tertiary/aromatic N) is 1. The lowest BCUT2D eigenvalue weighted by atomic mass is 9.98. The molecular weight excluding hydrogens is 368 g/mol. The van der Waals surface area contributed by atoms with E-state index in [4.69, 9.17) is 9.47 Å². The summed E-state index contributed by atoms with van der Waals surface area (Å²) in [6, 6.07) is 4.95. The van der Waals surface area contributed by atoms with Gasteiger partial charge in [-0.1, -0.05) is 12.8 Å². The van der Waals surface area contributed by atoms with Crippen molar-refractivity contribution in [2.24, 2.45) is 5.92 Å². The van der Waals surface area contributed by atoms with Gasteiger partial charge in [0.25, 0.3) is 0 Å². The maximum Gasteiger partial charge on any atom is 0.246 e. The Hall–Kier alpha value is -1.80. The Morgan fingerprint density at radius 1 is 1.11 bits per heavy atom. The third kappa shape index (κ3) is 4.38. The predicted octanol–water partition coefficient (Wildman–Crippen LogP) is 2.16. The number of carbonyl (C=O) groups is 1. The quantitative estimate of drug-likeness (QED) is 0.797. The van der Waals surface area contributed by atoms with Crippen molar-refractivity contribution in [3.8, 4) is 11.5 Å². The Labute approximate surface area is 161 Å². The standard InChI is InChI=1S/C19H28N2O5S/c1-25-16-9-10-17(26-2)18(12-16)27(23,24)21-11-5-6-14(13-21)19(22)20-15-7-3-4-8-15/h9-10,12,14-15H,3-8,11,13H2,1-2H3,(H,20,22)/t14-/m0/s1. The van der Waals surface area contributed by atoms with Gasteiger partial charge in [-0.2, -0.15) is 4.31 Å². The second-order valence-electron chi connectivity index (χ2n) is 7.21. The van der Waals surface area contributed by atoms with E-state index in [-0.39, 0.29) is 35.1 Å². The summed E-state index contributed by atoms with van der Waals surface area (Å²) in [6.45, 7) is 0.594. The Morgan fingerprint density at radius 2 is 1.85 bits per heavy atom. The van der Waals surface area contributed by atoms with Crippen molar-refractivity contribution in [1.29, 1.82) is 0 Å². The molecule has 1 saturated heterocycles. The Balaban J connectivity index is 1.77. The first-order chi connectivity index (χ1) is 13.0. The molecule has 3 rings (SSSR count). The fourth-order valence-electron chi connectivity index (χ4n) is 3.89. The van der Waals surface area contributed by atoms with Gasteiger partial charge < -0.3 is 14.8 Å². The van der Waals surface area contributed by atoms with E-state index in [2.05, 4.69) is 5.32 Å². The van der Waals surface area contributed by atoms with Gasteiger partial charge in [0.15, 0.2) is 0 Å². The summed E-state index contributed by atoms with van der Waals surface area (Å²) >= 11 is 0. The molecule has 1 aromatic carbocycles. The van der Waals surface area contributed by atoms with Crippen LogP contribution in [-0.2, 0) is 14.8 Å². The number of hydrogen-bond acceptors (Lipinski definition) is 5. The highest BCUT2D eigenvalue weighted by Gasteiger charge is 2.35. The number of nitrogens with one attached hydrogen (secondary N) is 1. The molecule has 2 fully saturated rings. The Morgan fingerprint density at radius 3 is 2.52 bits per heavy atom. The van der Waals surface area contributed by atoms with Crippen LogP contribution in [0, 0.1) is 5.92 Å². The van der Waals surface area contributed by atoms with Crippen molar-refractivity contribution in [3.05, 3.63) is 18.2 Å². The van der Waals surface area contributed by atoms with E-state index in [0.717, 1.165) is 25.7 Å². The van der Waals surface area contributed by atoms with Crippen LogP contribution in [0.3, 0.4) is 0 Å². The fourth-order valence-corrected chi connectivity index (χ4v) is 5.58. The highest BCUT2D eigenvalue weighted by atomic mass is 32.2. The highest BCUT2D eigenvalue weighted by molar-refractivity contribution is 7.89. The van der Waals surface area contributed by atoms with Crippen molar-refractivity contribution in [1.82, 2.24) is 9.62 Å². The number of ether oxygens (including phenoxy) is 2. The largest absolute Gasteiger partial charge is 0.497 e. The zero-order chi connectivity index (χ0) is 19.4. The minimum atomic E-state index is -3.78. The molecule has 27 heavy (non-hydrogen) atoms. The van der Waals surface area contributed by atoms with Crippen LogP contribution in [0.15, 0.2) is 23.1 Å². The van der Waals surface area contributed by atoms with E-state index in [1.807, 2.05) is 0 Å². The summed E-state index contributed by atoms with van der Waals surface area (Å²) in [4.78, 5) is 12.7. The normalized spacial score (nSPS) is 21.8. The Bertz CT molecular complexity index is 774. The summed E-state index contributed by atoms with van der Waals surface area (Å²) in [5.41, 5.74) is 0. The molecule has 1 aromatic rings. The topological polar surface area (TPSA) is 84.9 Å². The molecule has 1 N–H and O–H groups in total. The van der Waals surface area contributed by atoms with E-state index < -0.39 is 10.0 Å². The van der Waals surface area contributed by atoms with Gasteiger partial charge in [0, 0.05) is 25.2 Å². The summed E-state index contributed by atoms with van der Waals surface area (Å²) in [6.07, 6.45) is 5.69. The molecular formula is C19H28N2O5S. The zero-order valence-corrected chi connectivity index (χ0v) is 16.8. The summed E-state index contributed by atoms with van der Waals surface area (Å²) < 4.78 is 38.2. The predicted molar refractivity (Wildman–Crippen MR) is 101 cm³/mol. The smallest absolute Gasteiger partial charge is 0.246 e. The number of benzene rings is 1.